The van der Waals surface area contributed by atoms with Crippen LogP contribution in [0.3, 0.4) is 0 Å². The summed E-state index contributed by atoms with van der Waals surface area (Å²) in [6, 6.07) is 0. The molecule has 0 bridgehead atoms. The van der Waals surface area contributed by atoms with E-state index in [4.69, 9.17) is 0 Å². The van der Waals surface area contributed by atoms with E-state index in [1.165, 1.54) is 44.9 Å². The molecule has 0 radical (unpaired) electrons. The van der Waals surface area contributed by atoms with Gasteiger partial charge in [0.2, 0.25) is 0 Å². The predicted octanol–water partition coefficient (Wildman–Crippen LogP) is 7.56. The van der Waals surface area contributed by atoms with Crippen LogP contribution in [0.1, 0.15) is 119 Å². The lowest BCUT2D eigenvalue weighted by Crippen LogP contribution is -2.41. The maximum Gasteiger partial charge on any atom is 0.0594 e. The van der Waals surface area contributed by atoms with Gasteiger partial charge in [-0.15, -0.1) is 0 Å². The fourth-order valence-electron chi connectivity index (χ4n) is 9.92. The van der Waals surface area contributed by atoms with Crippen molar-refractivity contribution < 1.29 is 15.3 Å². The van der Waals surface area contributed by atoms with E-state index in [1.54, 1.807) is 0 Å². The molecule has 4 aliphatic rings. The lowest BCUT2D eigenvalue weighted by atomic mass is 9.60. The standard InChI is InChI=1S/C34H62O3/c1-19-8-26(15-30(25(19)7)17-28-10-22(4)32(35)12-20(28)2)14-27-9-24(6)34(37)31(16-27)18-29-11-23(5)33(36)13-21(29)3/h19-37H,8-18H2,1-7H3. The first-order valence-corrected chi connectivity index (χ1v) is 16.5. The summed E-state index contributed by atoms with van der Waals surface area (Å²) in [5.74, 6) is 8.44. The Labute approximate surface area is 229 Å². The normalized spacial score (nSPS) is 53.7. The van der Waals surface area contributed by atoms with E-state index in [1.807, 2.05) is 0 Å². The zero-order valence-corrected chi connectivity index (χ0v) is 25.4. The maximum atomic E-state index is 11.2. The van der Waals surface area contributed by atoms with Gasteiger partial charge in [-0.05, 0) is 148 Å². The molecule has 37 heavy (non-hydrogen) atoms. The van der Waals surface area contributed by atoms with Crippen LogP contribution >= 0.6 is 0 Å². The highest BCUT2D eigenvalue weighted by Crippen LogP contribution is 2.49. The molecule has 0 spiro atoms. The molecule has 0 aliphatic heterocycles. The van der Waals surface area contributed by atoms with E-state index in [0.717, 1.165) is 61.2 Å². The fourth-order valence-corrected chi connectivity index (χ4v) is 9.92. The van der Waals surface area contributed by atoms with E-state index >= 15 is 0 Å². The molecule has 4 aliphatic carbocycles. The van der Waals surface area contributed by atoms with Gasteiger partial charge in [0.05, 0.1) is 18.3 Å². The van der Waals surface area contributed by atoms with Crippen molar-refractivity contribution in [2.75, 3.05) is 0 Å². The Bertz CT molecular complexity index is 651. The lowest BCUT2D eigenvalue weighted by Gasteiger charge is -2.46. The van der Waals surface area contributed by atoms with Gasteiger partial charge >= 0.3 is 0 Å². The van der Waals surface area contributed by atoms with Gasteiger partial charge in [-0.2, -0.15) is 0 Å². The van der Waals surface area contributed by atoms with Crippen molar-refractivity contribution >= 4 is 0 Å². The largest absolute Gasteiger partial charge is 0.393 e. The second-order valence-electron chi connectivity index (χ2n) is 15.7. The molecule has 3 N–H and O–H groups in total. The third kappa shape index (κ3) is 7.15. The van der Waals surface area contributed by atoms with Gasteiger partial charge in [-0.25, -0.2) is 0 Å². The molecule has 4 rings (SSSR count). The van der Waals surface area contributed by atoms with Crippen molar-refractivity contribution in [2.24, 2.45) is 76.9 Å². The maximum absolute atomic E-state index is 11.2. The third-order valence-electron chi connectivity index (χ3n) is 12.8. The molecule has 16 atom stereocenters. The summed E-state index contributed by atoms with van der Waals surface area (Å²) in [6.07, 6.45) is 13.0. The SMILES string of the molecule is CC1CC(CC2CC(CC3CC(C)C(O)C(CC4CC(C)C(O)CC4C)C3)CC(C)C2C)C(C)CC1O. The molecule has 3 nitrogen and oxygen atoms in total. The predicted molar refractivity (Wildman–Crippen MR) is 154 cm³/mol. The van der Waals surface area contributed by atoms with Gasteiger partial charge in [0, 0.05) is 0 Å². The first-order valence-electron chi connectivity index (χ1n) is 16.5. The number of aliphatic hydroxyl groups excluding tert-OH is 3. The first kappa shape index (κ1) is 29.9. The second-order valence-corrected chi connectivity index (χ2v) is 15.7. The van der Waals surface area contributed by atoms with Crippen molar-refractivity contribution in [1.82, 2.24) is 0 Å². The van der Waals surface area contributed by atoms with Crippen LogP contribution in [-0.4, -0.2) is 33.6 Å². The van der Waals surface area contributed by atoms with Crippen LogP contribution in [0, 0.1) is 76.9 Å². The quantitative estimate of drug-likeness (QED) is 0.340. The van der Waals surface area contributed by atoms with E-state index in [0.29, 0.717) is 41.4 Å². The topological polar surface area (TPSA) is 60.7 Å². The Morgan fingerprint density at radius 3 is 1.41 bits per heavy atom. The average molecular weight is 519 g/mol. The molecule has 0 saturated heterocycles. The molecular formula is C34H62O3. The smallest absolute Gasteiger partial charge is 0.0594 e. The number of hydrogen-bond acceptors (Lipinski definition) is 3. The average Bonchev–Trinajstić information content (AvgIpc) is 2.82. The summed E-state index contributed by atoms with van der Waals surface area (Å²) in [7, 11) is 0. The molecule has 0 aromatic heterocycles. The monoisotopic (exact) mass is 518 g/mol. The summed E-state index contributed by atoms with van der Waals surface area (Å²) in [5.41, 5.74) is 0. The second kappa shape index (κ2) is 12.6. The summed E-state index contributed by atoms with van der Waals surface area (Å²) in [4.78, 5) is 0. The molecule has 0 aromatic carbocycles. The molecule has 3 heteroatoms. The van der Waals surface area contributed by atoms with Crippen molar-refractivity contribution in [3.8, 4) is 0 Å². The highest BCUT2D eigenvalue weighted by molar-refractivity contribution is 4.92. The van der Waals surface area contributed by atoms with Gasteiger partial charge in [-0.3, -0.25) is 0 Å². The Hall–Kier alpha value is -0.120. The van der Waals surface area contributed by atoms with Gasteiger partial charge in [0.1, 0.15) is 0 Å². The minimum absolute atomic E-state index is 0.0943. The van der Waals surface area contributed by atoms with Crippen LogP contribution in [0.25, 0.3) is 0 Å². The zero-order valence-electron chi connectivity index (χ0n) is 25.4. The molecule has 0 amide bonds. The fraction of sp³-hybridized carbons (Fsp3) is 1.00. The third-order valence-corrected chi connectivity index (χ3v) is 12.8. The molecule has 0 heterocycles. The molecule has 0 aromatic rings. The van der Waals surface area contributed by atoms with E-state index in [9.17, 15) is 15.3 Å². The lowest BCUT2D eigenvalue weighted by molar-refractivity contribution is -0.0347. The molecule has 4 saturated carbocycles. The van der Waals surface area contributed by atoms with Crippen LogP contribution < -0.4 is 0 Å². The summed E-state index contributed by atoms with van der Waals surface area (Å²) < 4.78 is 0. The van der Waals surface area contributed by atoms with Crippen molar-refractivity contribution in [2.45, 2.75) is 137 Å². The molecular weight excluding hydrogens is 456 g/mol. The molecule has 16 unspecified atom stereocenters. The van der Waals surface area contributed by atoms with Gasteiger partial charge in [0.25, 0.3) is 0 Å². The highest BCUT2D eigenvalue weighted by Gasteiger charge is 2.42. The van der Waals surface area contributed by atoms with E-state index < -0.39 is 0 Å². The Balaban J connectivity index is 1.35. The van der Waals surface area contributed by atoms with Gasteiger partial charge < -0.3 is 15.3 Å². The Morgan fingerprint density at radius 1 is 0.405 bits per heavy atom. The van der Waals surface area contributed by atoms with E-state index in [-0.39, 0.29) is 18.3 Å². The van der Waals surface area contributed by atoms with Crippen LogP contribution in [0.4, 0.5) is 0 Å². The first-order chi connectivity index (χ1) is 17.4. The van der Waals surface area contributed by atoms with Crippen molar-refractivity contribution in [3.05, 3.63) is 0 Å². The zero-order chi connectivity index (χ0) is 27.0. The van der Waals surface area contributed by atoms with Crippen LogP contribution in [-0.2, 0) is 0 Å². The number of rotatable bonds is 6. The molecule has 4 fully saturated rings. The number of hydrogen-bond donors (Lipinski definition) is 3. The molecule has 216 valence electrons. The summed E-state index contributed by atoms with van der Waals surface area (Å²) >= 11 is 0. The van der Waals surface area contributed by atoms with Crippen molar-refractivity contribution in [3.63, 3.8) is 0 Å². The highest BCUT2D eigenvalue weighted by atomic mass is 16.3. The number of aliphatic hydroxyl groups is 3. The van der Waals surface area contributed by atoms with Crippen LogP contribution in [0.15, 0.2) is 0 Å². The van der Waals surface area contributed by atoms with Crippen molar-refractivity contribution in [1.29, 1.82) is 0 Å². The van der Waals surface area contributed by atoms with Gasteiger partial charge in [0.15, 0.2) is 0 Å². The van der Waals surface area contributed by atoms with Crippen LogP contribution in [0.5, 0.6) is 0 Å². The van der Waals surface area contributed by atoms with Crippen LogP contribution in [0.2, 0.25) is 0 Å². The summed E-state index contributed by atoms with van der Waals surface area (Å²) in [6.45, 7) is 16.5. The Morgan fingerprint density at radius 2 is 0.865 bits per heavy atom. The minimum atomic E-state index is -0.145. The minimum Gasteiger partial charge on any atom is -0.393 e. The Kier molecular flexibility index (Phi) is 10.2. The van der Waals surface area contributed by atoms with E-state index in [2.05, 4.69) is 48.5 Å². The summed E-state index contributed by atoms with van der Waals surface area (Å²) in [5, 5.41) is 31.9. The van der Waals surface area contributed by atoms with Gasteiger partial charge in [-0.1, -0.05) is 48.5 Å².